The Hall–Kier alpha value is -3.41. The first-order valence-electron chi connectivity index (χ1n) is 8.00. The van der Waals surface area contributed by atoms with Crippen LogP contribution in [0.4, 0.5) is 21.6 Å². The van der Waals surface area contributed by atoms with Gasteiger partial charge in [0.05, 0.1) is 12.8 Å². The molecule has 0 aliphatic carbocycles. The second-order valence-corrected chi connectivity index (χ2v) is 5.72. The molecule has 1 heterocycles. The molecule has 5 nitrogen and oxygen atoms in total. The predicted octanol–water partition coefficient (Wildman–Crippen LogP) is 4.53. The number of hydrogen-bond acceptors (Lipinski definition) is 4. The minimum atomic E-state index is -0.356. The maximum absolute atomic E-state index is 13.0. The number of benzene rings is 2. The number of aryl methyl sites for hydroxylation is 1. The number of hydrogen-bond donors (Lipinski definition) is 2. The van der Waals surface area contributed by atoms with E-state index in [0.29, 0.717) is 22.8 Å². The zero-order valence-corrected chi connectivity index (χ0v) is 14.4. The van der Waals surface area contributed by atoms with E-state index in [9.17, 15) is 9.18 Å². The highest BCUT2D eigenvalue weighted by atomic mass is 19.1. The summed E-state index contributed by atoms with van der Waals surface area (Å²) in [5.74, 6) is 0.531. The Bertz CT molecular complexity index is 927. The van der Waals surface area contributed by atoms with Crippen LogP contribution >= 0.6 is 0 Å². The van der Waals surface area contributed by atoms with Crippen molar-refractivity contribution in [2.24, 2.45) is 0 Å². The minimum Gasteiger partial charge on any atom is -0.495 e. The summed E-state index contributed by atoms with van der Waals surface area (Å²) in [6.07, 6.45) is 1.55. The Morgan fingerprint density at radius 3 is 2.58 bits per heavy atom. The third kappa shape index (κ3) is 4.16. The molecule has 1 amide bonds. The molecule has 0 aliphatic rings. The number of carbonyl (C=O) groups excluding carboxylic acids is 1. The van der Waals surface area contributed by atoms with E-state index in [1.165, 1.54) is 24.3 Å². The molecule has 26 heavy (non-hydrogen) atoms. The highest BCUT2D eigenvalue weighted by Gasteiger charge is 2.09. The van der Waals surface area contributed by atoms with Crippen molar-refractivity contribution in [3.05, 3.63) is 77.7 Å². The molecular weight excluding hydrogens is 333 g/mol. The summed E-state index contributed by atoms with van der Waals surface area (Å²) in [5, 5.41) is 5.89. The van der Waals surface area contributed by atoms with E-state index in [2.05, 4.69) is 15.6 Å². The van der Waals surface area contributed by atoms with Gasteiger partial charge in [0.2, 0.25) is 0 Å². The summed E-state index contributed by atoms with van der Waals surface area (Å²) in [5.41, 5.74) is 2.77. The number of methoxy groups -OCH3 is 1. The molecule has 3 rings (SSSR count). The van der Waals surface area contributed by atoms with E-state index in [-0.39, 0.29) is 11.7 Å². The van der Waals surface area contributed by atoms with Crippen LogP contribution in [0, 0.1) is 12.7 Å². The van der Waals surface area contributed by atoms with Crippen molar-refractivity contribution in [3.63, 3.8) is 0 Å². The molecular formula is C20H18FN3O2. The molecule has 132 valence electrons. The molecule has 0 unspecified atom stereocenters. The molecule has 2 N–H and O–H groups in total. The van der Waals surface area contributed by atoms with Gasteiger partial charge in [-0.3, -0.25) is 4.79 Å². The van der Waals surface area contributed by atoms with Crippen LogP contribution in [0.15, 0.2) is 60.8 Å². The highest BCUT2D eigenvalue weighted by Crippen LogP contribution is 2.28. The molecule has 0 saturated carbocycles. The second kappa shape index (κ2) is 7.65. The SMILES string of the molecule is COc1ccc(C)cc1Nc1cc(C(=O)Nc2ccc(F)cc2)ccn1. The molecule has 0 saturated heterocycles. The fraction of sp³-hybridized carbons (Fsp3) is 0.100. The lowest BCUT2D eigenvalue weighted by molar-refractivity contribution is 0.102. The van der Waals surface area contributed by atoms with Crippen LogP contribution in [-0.2, 0) is 0 Å². The van der Waals surface area contributed by atoms with E-state index in [0.717, 1.165) is 11.3 Å². The largest absolute Gasteiger partial charge is 0.495 e. The Morgan fingerprint density at radius 1 is 1.08 bits per heavy atom. The van der Waals surface area contributed by atoms with Crippen molar-refractivity contribution in [1.29, 1.82) is 0 Å². The van der Waals surface area contributed by atoms with Crippen molar-refractivity contribution >= 4 is 23.1 Å². The number of aromatic nitrogens is 1. The van der Waals surface area contributed by atoms with Gasteiger partial charge in [-0.15, -0.1) is 0 Å². The molecule has 0 fully saturated rings. The van der Waals surface area contributed by atoms with Crippen molar-refractivity contribution in [1.82, 2.24) is 4.98 Å². The van der Waals surface area contributed by atoms with Gasteiger partial charge in [-0.1, -0.05) is 6.07 Å². The van der Waals surface area contributed by atoms with Crippen molar-refractivity contribution in [2.45, 2.75) is 6.92 Å². The minimum absolute atomic E-state index is 0.307. The average molecular weight is 351 g/mol. The van der Waals surface area contributed by atoms with Gasteiger partial charge in [-0.05, 0) is 61.0 Å². The first-order chi connectivity index (χ1) is 12.5. The molecule has 0 atom stereocenters. The van der Waals surface area contributed by atoms with Gasteiger partial charge in [0, 0.05) is 17.4 Å². The average Bonchev–Trinajstić information content (AvgIpc) is 2.64. The molecule has 3 aromatic rings. The number of ether oxygens (including phenoxy) is 1. The number of pyridine rings is 1. The first kappa shape index (κ1) is 17.4. The zero-order chi connectivity index (χ0) is 18.5. The monoisotopic (exact) mass is 351 g/mol. The number of amides is 1. The Kier molecular flexibility index (Phi) is 5.12. The summed E-state index contributed by atoms with van der Waals surface area (Å²) in [6.45, 7) is 1.98. The van der Waals surface area contributed by atoms with E-state index in [1.807, 2.05) is 25.1 Å². The number of anilines is 3. The summed E-state index contributed by atoms with van der Waals surface area (Å²) in [7, 11) is 1.59. The standard InChI is InChI=1S/C20H18FN3O2/c1-13-3-8-18(26-2)17(11-13)24-19-12-14(9-10-22-19)20(25)23-16-6-4-15(21)5-7-16/h3-12H,1-2H3,(H,22,24)(H,23,25). The Labute approximate surface area is 150 Å². The summed E-state index contributed by atoms with van der Waals surface area (Å²) >= 11 is 0. The lowest BCUT2D eigenvalue weighted by atomic mass is 10.2. The maximum Gasteiger partial charge on any atom is 0.255 e. The van der Waals surface area contributed by atoms with Crippen LogP contribution < -0.4 is 15.4 Å². The molecule has 0 bridgehead atoms. The topological polar surface area (TPSA) is 63.2 Å². The highest BCUT2D eigenvalue weighted by molar-refractivity contribution is 6.04. The molecule has 2 aromatic carbocycles. The Balaban J connectivity index is 1.79. The lowest BCUT2D eigenvalue weighted by Crippen LogP contribution is -2.12. The smallest absolute Gasteiger partial charge is 0.255 e. The fourth-order valence-electron chi connectivity index (χ4n) is 2.43. The van der Waals surface area contributed by atoms with Gasteiger partial charge in [-0.2, -0.15) is 0 Å². The van der Waals surface area contributed by atoms with Crippen molar-refractivity contribution < 1.29 is 13.9 Å². The number of rotatable bonds is 5. The van der Waals surface area contributed by atoms with Crippen LogP contribution in [0.25, 0.3) is 0 Å². The maximum atomic E-state index is 13.0. The van der Waals surface area contributed by atoms with Gasteiger partial charge < -0.3 is 15.4 Å². The molecule has 0 spiro atoms. The Morgan fingerprint density at radius 2 is 1.85 bits per heavy atom. The van der Waals surface area contributed by atoms with Gasteiger partial charge in [0.25, 0.3) is 5.91 Å². The molecule has 1 aromatic heterocycles. The summed E-state index contributed by atoms with van der Waals surface area (Å²) in [4.78, 5) is 16.6. The van der Waals surface area contributed by atoms with Crippen LogP contribution in [0.5, 0.6) is 5.75 Å². The first-order valence-corrected chi connectivity index (χ1v) is 8.00. The van der Waals surface area contributed by atoms with Gasteiger partial charge >= 0.3 is 0 Å². The molecule has 0 aliphatic heterocycles. The van der Waals surface area contributed by atoms with Gasteiger partial charge in [-0.25, -0.2) is 9.37 Å². The number of nitrogens with zero attached hydrogens (tertiary/aromatic N) is 1. The molecule has 0 radical (unpaired) electrons. The van der Waals surface area contributed by atoms with E-state index < -0.39 is 0 Å². The van der Waals surface area contributed by atoms with Crippen LogP contribution in [0.1, 0.15) is 15.9 Å². The summed E-state index contributed by atoms with van der Waals surface area (Å²) < 4.78 is 18.3. The zero-order valence-electron chi connectivity index (χ0n) is 14.4. The third-order valence-corrected chi connectivity index (χ3v) is 3.74. The quantitative estimate of drug-likeness (QED) is 0.709. The fourth-order valence-corrected chi connectivity index (χ4v) is 2.43. The van der Waals surface area contributed by atoms with Crippen molar-refractivity contribution in [3.8, 4) is 5.75 Å². The molecule has 6 heteroatoms. The van der Waals surface area contributed by atoms with Crippen LogP contribution in [0.2, 0.25) is 0 Å². The van der Waals surface area contributed by atoms with Crippen LogP contribution in [-0.4, -0.2) is 18.0 Å². The number of halogens is 1. The number of carbonyl (C=O) groups is 1. The normalized spacial score (nSPS) is 10.3. The lowest BCUT2D eigenvalue weighted by Gasteiger charge is -2.12. The third-order valence-electron chi connectivity index (χ3n) is 3.74. The summed E-state index contributed by atoms with van der Waals surface area (Å²) in [6, 6.07) is 14.6. The predicted molar refractivity (Wildman–Crippen MR) is 99.6 cm³/mol. The van der Waals surface area contributed by atoms with E-state index >= 15 is 0 Å². The second-order valence-electron chi connectivity index (χ2n) is 5.72. The number of nitrogens with one attached hydrogen (secondary N) is 2. The van der Waals surface area contributed by atoms with Gasteiger partial charge in [0.15, 0.2) is 0 Å². The van der Waals surface area contributed by atoms with Gasteiger partial charge in [0.1, 0.15) is 17.4 Å². The van der Waals surface area contributed by atoms with Crippen molar-refractivity contribution in [2.75, 3.05) is 17.7 Å². The van der Waals surface area contributed by atoms with Crippen LogP contribution in [0.3, 0.4) is 0 Å². The van der Waals surface area contributed by atoms with E-state index in [4.69, 9.17) is 4.74 Å². The van der Waals surface area contributed by atoms with E-state index in [1.54, 1.807) is 25.4 Å².